The Bertz CT molecular complexity index is 759. The quantitative estimate of drug-likeness (QED) is 0.929. The fourth-order valence-corrected chi connectivity index (χ4v) is 2.67. The van der Waals surface area contributed by atoms with E-state index in [2.05, 4.69) is 5.32 Å². The molecule has 130 valence electrons. The summed E-state index contributed by atoms with van der Waals surface area (Å²) in [6, 6.07) is 12.6. The molecule has 0 radical (unpaired) electrons. The van der Waals surface area contributed by atoms with Crippen LogP contribution < -0.4 is 5.32 Å². The number of amides is 2. The van der Waals surface area contributed by atoms with Crippen molar-refractivity contribution in [3.8, 4) is 0 Å². The van der Waals surface area contributed by atoms with E-state index in [-0.39, 0.29) is 30.8 Å². The van der Waals surface area contributed by atoms with Crippen molar-refractivity contribution in [2.75, 3.05) is 18.5 Å². The highest BCUT2D eigenvalue weighted by molar-refractivity contribution is 5.97. The van der Waals surface area contributed by atoms with E-state index < -0.39 is 6.04 Å². The zero-order valence-electron chi connectivity index (χ0n) is 13.9. The first-order valence-corrected chi connectivity index (χ1v) is 8.02. The number of ether oxygens (including phenoxy) is 1. The van der Waals surface area contributed by atoms with Crippen LogP contribution in [0, 0.1) is 12.7 Å². The fraction of sp³-hybridized carbons (Fsp3) is 0.263. The van der Waals surface area contributed by atoms with E-state index in [9.17, 15) is 14.0 Å². The Labute approximate surface area is 145 Å². The smallest absolute Gasteiger partial charge is 0.249 e. The molecular formula is C19H19FN2O3. The average molecular weight is 342 g/mol. The topological polar surface area (TPSA) is 58.6 Å². The highest BCUT2D eigenvalue weighted by atomic mass is 19.1. The lowest BCUT2D eigenvalue weighted by Crippen LogP contribution is -2.54. The van der Waals surface area contributed by atoms with E-state index in [1.807, 2.05) is 31.2 Å². The number of morpholine rings is 1. The second kappa shape index (κ2) is 7.44. The Morgan fingerprint density at radius 2 is 1.88 bits per heavy atom. The first-order chi connectivity index (χ1) is 12.0. The van der Waals surface area contributed by atoms with Crippen molar-refractivity contribution < 1.29 is 18.7 Å². The number of carbonyl (C=O) groups excluding carboxylic acids is 2. The van der Waals surface area contributed by atoms with E-state index in [0.29, 0.717) is 12.2 Å². The first kappa shape index (κ1) is 17.1. The van der Waals surface area contributed by atoms with Crippen molar-refractivity contribution in [2.24, 2.45) is 0 Å². The molecule has 1 aliphatic heterocycles. The molecule has 3 rings (SSSR count). The van der Waals surface area contributed by atoms with Crippen molar-refractivity contribution in [2.45, 2.75) is 19.5 Å². The minimum Gasteiger partial charge on any atom is -0.369 e. The minimum atomic E-state index is -0.729. The summed E-state index contributed by atoms with van der Waals surface area (Å²) in [6.07, 6.45) is 0. The van der Waals surface area contributed by atoms with Crippen molar-refractivity contribution in [3.05, 3.63) is 65.5 Å². The van der Waals surface area contributed by atoms with E-state index >= 15 is 0 Å². The second-order valence-electron chi connectivity index (χ2n) is 6.03. The van der Waals surface area contributed by atoms with Gasteiger partial charge in [-0.25, -0.2) is 4.39 Å². The second-order valence-corrected chi connectivity index (χ2v) is 6.03. The van der Waals surface area contributed by atoms with E-state index in [4.69, 9.17) is 4.74 Å². The molecule has 0 spiro atoms. The Hall–Kier alpha value is -2.73. The van der Waals surface area contributed by atoms with Gasteiger partial charge < -0.3 is 15.0 Å². The summed E-state index contributed by atoms with van der Waals surface area (Å²) in [5.41, 5.74) is 2.54. The summed E-state index contributed by atoms with van der Waals surface area (Å²) in [6.45, 7) is 2.42. The molecule has 0 aliphatic carbocycles. The molecule has 2 aromatic carbocycles. The lowest BCUT2D eigenvalue weighted by atomic mass is 10.1. The van der Waals surface area contributed by atoms with Gasteiger partial charge in [0.15, 0.2) is 0 Å². The maximum absolute atomic E-state index is 13.0. The molecule has 1 aliphatic rings. The van der Waals surface area contributed by atoms with Gasteiger partial charge in [0.05, 0.1) is 6.61 Å². The van der Waals surface area contributed by atoms with Crippen LogP contribution in [0.4, 0.5) is 10.1 Å². The van der Waals surface area contributed by atoms with E-state index in [0.717, 1.165) is 11.1 Å². The Balaban J connectivity index is 1.74. The summed E-state index contributed by atoms with van der Waals surface area (Å²) in [5.74, 6) is -0.965. The van der Waals surface area contributed by atoms with Crippen LogP contribution in [-0.2, 0) is 20.9 Å². The van der Waals surface area contributed by atoms with Crippen LogP contribution >= 0.6 is 0 Å². The molecule has 1 saturated heterocycles. The lowest BCUT2D eigenvalue weighted by Gasteiger charge is -2.34. The molecule has 0 bridgehead atoms. The Kier molecular flexibility index (Phi) is 5.09. The van der Waals surface area contributed by atoms with Crippen molar-refractivity contribution in [1.29, 1.82) is 0 Å². The van der Waals surface area contributed by atoms with Crippen LogP contribution in [0.25, 0.3) is 0 Å². The molecule has 6 heteroatoms. The van der Waals surface area contributed by atoms with Gasteiger partial charge in [-0.15, -0.1) is 0 Å². The summed E-state index contributed by atoms with van der Waals surface area (Å²) < 4.78 is 18.2. The summed E-state index contributed by atoms with van der Waals surface area (Å²) in [5, 5.41) is 2.70. The Morgan fingerprint density at radius 1 is 1.20 bits per heavy atom. The third kappa shape index (κ3) is 4.22. The van der Waals surface area contributed by atoms with Crippen molar-refractivity contribution >= 4 is 17.5 Å². The summed E-state index contributed by atoms with van der Waals surface area (Å²) in [4.78, 5) is 26.3. The van der Waals surface area contributed by atoms with Crippen LogP contribution in [-0.4, -0.2) is 36.0 Å². The predicted molar refractivity (Wildman–Crippen MR) is 91.4 cm³/mol. The fourth-order valence-electron chi connectivity index (χ4n) is 2.67. The maximum Gasteiger partial charge on any atom is 0.249 e. The molecule has 1 heterocycles. The molecule has 2 aromatic rings. The van der Waals surface area contributed by atoms with Crippen LogP contribution in [0.1, 0.15) is 11.1 Å². The number of hydrogen-bond acceptors (Lipinski definition) is 3. The minimum absolute atomic E-state index is 0.0355. The number of nitrogens with zero attached hydrogens (tertiary/aromatic N) is 1. The maximum atomic E-state index is 13.0. The molecular weight excluding hydrogens is 323 g/mol. The standard InChI is InChI=1S/C19H19FN2O3/c1-13-2-4-14(5-3-13)10-22-17(11-25-12-18(22)23)19(24)21-16-8-6-15(20)7-9-16/h2-9,17H,10-12H2,1H3,(H,21,24)/t17-/m0/s1. The van der Waals surface area contributed by atoms with Gasteiger partial charge in [-0.1, -0.05) is 29.8 Å². The molecule has 0 aromatic heterocycles. The van der Waals surface area contributed by atoms with Gasteiger partial charge in [-0.3, -0.25) is 9.59 Å². The number of aryl methyl sites for hydroxylation is 1. The molecule has 1 atom stereocenters. The monoisotopic (exact) mass is 342 g/mol. The third-order valence-electron chi connectivity index (χ3n) is 4.09. The van der Waals surface area contributed by atoms with E-state index in [1.54, 1.807) is 0 Å². The van der Waals surface area contributed by atoms with Crippen LogP contribution in [0.2, 0.25) is 0 Å². The molecule has 5 nitrogen and oxygen atoms in total. The normalized spacial score (nSPS) is 17.4. The van der Waals surface area contributed by atoms with Crippen LogP contribution in [0.3, 0.4) is 0 Å². The summed E-state index contributed by atoms with van der Waals surface area (Å²) >= 11 is 0. The van der Waals surface area contributed by atoms with Gasteiger partial charge in [0.1, 0.15) is 18.5 Å². The van der Waals surface area contributed by atoms with Gasteiger partial charge in [0, 0.05) is 12.2 Å². The first-order valence-electron chi connectivity index (χ1n) is 8.02. The summed E-state index contributed by atoms with van der Waals surface area (Å²) in [7, 11) is 0. The Morgan fingerprint density at radius 3 is 2.56 bits per heavy atom. The van der Waals surface area contributed by atoms with Crippen molar-refractivity contribution in [1.82, 2.24) is 4.90 Å². The zero-order valence-corrected chi connectivity index (χ0v) is 13.9. The van der Waals surface area contributed by atoms with Gasteiger partial charge in [-0.05, 0) is 36.8 Å². The van der Waals surface area contributed by atoms with Crippen LogP contribution in [0.5, 0.6) is 0 Å². The van der Waals surface area contributed by atoms with Gasteiger partial charge in [0.25, 0.3) is 0 Å². The largest absolute Gasteiger partial charge is 0.369 e. The third-order valence-corrected chi connectivity index (χ3v) is 4.09. The molecule has 0 unspecified atom stereocenters. The number of benzene rings is 2. The molecule has 0 saturated carbocycles. The lowest BCUT2D eigenvalue weighted by molar-refractivity contribution is -0.154. The number of carbonyl (C=O) groups is 2. The van der Waals surface area contributed by atoms with Gasteiger partial charge >= 0.3 is 0 Å². The average Bonchev–Trinajstić information content (AvgIpc) is 2.60. The number of hydrogen-bond donors (Lipinski definition) is 1. The molecule has 1 N–H and O–H groups in total. The molecule has 25 heavy (non-hydrogen) atoms. The number of anilines is 1. The van der Waals surface area contributed by atoms with Gasteiger partial charge in [0.2, 0.25) is 11.8 Å². The van der Waals surface area contributed by atoms with Crippen molar-refractivity contribution in [3.63, 3.8) is 0 Å². The highest BCUT2D eigenvalue weighted by Gasteiger charge is 2.34. The number of rotatable bonds is 4. The number of nitrogens with one attached hydrogen (secondary N) is 1. The SMILES string of the molecule is Cc1ccc(CN2C(=O)COC[C@H]2C(=O)Nc2ccc(F)cc2)cc1. The molecule has 2 amide bonds. The predicted octanol–water partition coefficient (Wildman–Crippen LogP) is 2.50. The van der Waals surface area contributed by atoms with Gasteiger partial charge in [-0.2, -0.15) is 0 Å². The van der Waals surface area contributed by atoms with E-state index in [1.165, 1.54) is 29.2 Å². The number of halogens is 1. The highest BCUT2D eigenvalue weighted by Crippen LogP contribution is 2.17. The molecule has 1 fully saturated rings. The zero-order chi connectivity index (χ0) is 17.8. The van der Waals surface area contributed by atoms with Crippen LogP contribution in [0.15, 0.2) is 48.5 Å².